The molecule has 0 radical (unpaired) electrons. The molecule has 0 atom stereocenters. The maximum absolute atomic E-state index is 10.7. The summed E-state index contributed by atoms with van der Waals surface area (Å²) in [6.07, 6.45) is 0.896. The first-order valence-corrected chi connectivity index (χ1v) is 6.04. The van der Waals surface area contributed by atoms with Crippen LogP contribution in [-0.2, 0) is 0 Å². The summed E-state index contributed by atoms with van der Waals surface area (Å²) in [6, 6.07) is 14.0. The molecule has 0 spiro atoms. The Morgan fingerprint density at radius 2 is 1.94 bits per heavy atom. The Balaban J connectivity index is 2.32. The number of benzene rings is 1. The van der Waals surface area contributed by atoms with Crippen LogP contribution in [0.1, 0.15) is 16.6 Å². The zero-order valence-electron chi connectivity index (χ0n) is 9.09. The molecule has 0 aliphatic rings. The number of nitrogens with zero attached hydrogens (tertiary/aromatic N) is 1. The van der Waals surface area contributed by atoms with Gasteiger partial charge in [-0.05, 0) is 31.2 Å². The van der Waals surface area contributed by atoms with Crippen LogP contribution >= 0.6 is 11.3 Å². The van der Waals surface area contributed by atoms with Crippen LogP contribution in [0.15, 0.2) is 42.5 Å². The van der Waals surface area contributed by atoms with Crippen molar-refractivity contribution in [1.29, 1.82) is 0 Å². The lowest BCUT2D eigenvalue weighted by Crippen LogP contribution is -2.14. The van der Waals surface area contributed by atoms with Gasteiger partial charge in [-0.1, -0.05) is 18.2 Å². The fourth-order valence-electron chi connectivity index (χ4n) is 1.62. The van der Waals surface area contributed by atoms with E-state index in [1.807, 2.05) is 30.3 Å². The number of hydrogen-bond donors (Lipinski definition) is 0. The van der Waals surface area contributed by atoms with E-state index in [0.29, 0.717) is 0 Å². The maximum atomic E-state index is 10.7. The molecule has 0 bridgehead atoms. The number of aldehydes is 1. The molecule has 1 aromatic carbocycles. The molecule has 3 heteroatoms. The van der Waals surface area contributed by atoms with Gasteiger partial charge in [0.25, 0.3) is 0 Å². The molecule has 2 aromatic rings. The maximum Gasteiger partial charge on any atom is 0.160 e. The lowest BCUT2D eigenvalue weighted by Gasteiger charge is -2.20. The highest BCUT2D eigenvalue weighted by Gasteiger charge is 2.08. The number of thiophene rings is 1. The monoisotopic (exact) mass is 231 g/mol. The van der Waals surface area contributed by atoms with E-state index in [1.54, 1.807) is 0 Å². The Kier molecular flexibility index (Phi) is 3.37. The summed E-state index contributed by atoms with van der Waals surface area (Å²) in [6.45, 7) is 3.00. The van der Waals surface area contributed by atoms with Crippen LogP contribution < -0.4 is 4.90 Å². The van der Waals surface area contributed by atoms with Crippen LogP contribution in [0.2, 0.25) is 0 Å². The minimum Gasteiger partial charge on any atom is -0.334 e. The van der Waals surface area contributed by atoms with E-state index in [0.717, 1.165) is 28.4 Å². The van der Waals surface area contributed by atoms with E-state index in [2.05, 4.69) is 24.0 Å². The van der Waals surface area contributed by atoms with Gasteiger partial charge >= 0.3 is 0 Å². The van der Waals surface area contributed by atoms with Crippen molar-refractivity contribution in [3.63, 3.8) is 0 Å². The lowest BCUT2D eigenvalue weighted by atomic mass is 10.3. The van der Waals surface area contributed by atoms with Crippen LogP contribution in [-0.4, -0.2) is 12.8 Å². The third kappa shape index (κ3) is 2.14. The second-order valence-electron chi connectivity index (χ2n) is 3.37. The van der Waals surface area contributed by atoms with E-state index < -0.39 is 0 Å². The molecule has 16 heavy (non-hydrogen) atoms. The third-order valence-corrected chi connectivity index (χ3v) is 3.41. The molecule has 0 aliphatic carbocycles. The SMILES string of the molecule is CCN(c1ccccc1)c1ccc(C=O)s1. The topological polar surface area (TPSA) is 20.3 Å². The highest BCUT2D eigenvalue weighted by Crippen LogP contribution is 2.30. The lowest BCUT2D eigenvalue weighted by molar-refractivity contribution is 0.112. The molecule has 1 aromatic heterocycles. The Morgan fingerprint density at radius 1 is 1.19 bits per heavy atom. The van der Waals surface area contributed by atoms with Gasteiger partial charge in [-0.15, -0.1) is 11.3 Å². The first kappa shape index (κ1) is 10.9. The van der Waals surface area contributed by atoms with Gasteiger partial charge in [0.05, 0.1) is 9.88 Å². The highest BCUT2D eigenvalue weighted by atomic mass is 32.1. The molecule has 2 rings (SSSR count). The van der Waals surface area contributed by atoms with Crippen molar-refractivity contribution in [2.45, 2.75) is 6.92 Å². The first-order chi connectivity index (χ1) is 7.85. The molecular weight excluding hydrogens is 218 g/mol. The number of carbonyl (C=O) groups excluding carboxylic acids is 1. The number of carbonyl (C=O) groups is 1. The quantitative estimate of drug-likeness (QED) is 0.747. The third-order valence-electron chi connectivity index (χ3n) is 2.38. The standard InChI is InChI=1S/C13H13NOS/c1-2-14(11-6-4-3-5-7-11)13-9-8-12(10-15)16-13/h3-10H,2H2,1H3. The van der Waals surface area contributed by atoms with Crippen molar-refractivity contribution < 1.29 is 4.79 Å². The predicted octanol–water partition coefficient (Wildman–Crippen LogP) is 3.72. The van der Waals surface area contributed by atoms with Crippen molar-refractivity contribution >= 4 is 28.3 Å². The molecule has 0 aliphatic heterocycles. The Hall–Kier alpha value is -1.61. The highest BCUT2D eigenvalue weighted by molar-refractivity contribution is 7.17. The van der Waals surface area contributed by atoms with Gasteiger partial charge in [-0.25, -0.2) is 0 Å². The molecule has 2 nitrogen and oxygen atoms in total. The number of hydrogen-bond acceptors (Lipinski definition) is 3. The van der Waals surface area contributed by atoms with E-state index >= 15 is 0 Å². The van der Waals surface area contributed by atoms with E-state index in [-0.39, 0.29) is 0 Å². The zero-order chi connectivity index (χ0) is 11.4. The van der Waals surface area contributed by atoms with Crippen LogP contribution in [0.25, 0.3) is 0 Å². The Morgan fingerprint density at radius 3 is 2.50 bits per heavy atom. The van der Waals surface area contributed by atoms with Crippen LogP contribution in [0, 0.1) is 0 Å². The molecule has 82 valence electrons. The summed E-state index contributed by atoms with van der Waals surface area (Å²) in [7, 11) is 0. The van der Waals surface area contributed by atoms with Crippen molar-refractivity contribution in [1.82, 2.24) is 0 Å². The largest absolute Gasteiger partial charge is 0.334 e. The molecule has 0 fully saturated rings. The number of anilines is 2. The van der Waals surface area contributed by atoms with Crippen molar-refractivity contribution in [3.05, 3.63) is 47.3 Å². The second kappa shape index (κ2) is 4.94. The fraction of sp³-hybridized carbons (Fsp3) is 0.154. The molecule has 0 saturated carbocycles. The van der Waals surface area contributed by atoms with Gasteiger partial charge in [0.2, 0.25) is 0 Å². The normalized spacial score (nSPS) is 10.1. The summed E-state index contributed by atoms with van der Waals surface area (Å²) >= 11 is 1.52. The van der Waals surface area contributed by atoms with E-state index in [1.165, 1.54) is 11.3 Å². The minimum absolute atomic E-state index is 0.768. The predicted molar refractivity (Wildman–Crippen MR) is 68.8 cm³/mol. The zero-order valence-corrected chi connectivity index (χ0v) is 9.91. The van der Waals surface area contributed by atoms with Crippen molar-refractivity contribution in [3.8, 4) is 0 Å². The Labute approximate surface area is 99.1 Å². The second-order valence-corrected chi connectivity index (χ2v) is 4.47. The minimum atomic E-state index is 0.768. The van der Waals surface area contributed by atoms with Gasteiger partial charge in [-0.3, -0.25) is 4.79 Å². The van der Waals surface area contributed by atoms with Crippen molar-refractivity contribution in [2.75, 3.05) is 11.4 Å². The molecule has 0 N–H and O–H groups in total. The molecule has 0 amide bonds. The molecule has 1 heterocycles. The molecule has 0 saturated heterocycles. The molecule has 0 unspecified atom stereocenters. The van der Waals surface area contributed by atoms with Crippen LogP contribution in [0.4, 0.5) is 10.7 Å². The summed E-state index contributed by atoms with van der Waals surface area (Å²) in [5, 5.41) is 1.11. The fourth-order valence-corrected chi connectivity index (χ4v) is 2.53. The van der Waals surface area contributed by atoms with Gasteiger partial charge in [0.1, 0.15) is 0 Å². The average molecular weight is 231 g/mol. The van der Waals surface area contributed by atoms with Gasteiger partial charge < -0.3 is 4.90 Å². The van der Waals surface area contributed by atoms with Crippen LogP contribution in [0.3, 0.4) is 0 Å². The Bertz CT molecular complexity index is 464. The smallest absolute Gasteiger partial charge is 0.160 e. The first-order valence-electron chi connectivity index (χ1n) is 5.22. The summed E-state index contributed by atoms with van der Waals surface area (Å²) in [5.41, 5.74) is 1.16. The van der Waals surface area contributed by atoms with E-state index in [4.69, 9.17) is 0 Å². The van der Waals surface area contributed by atoms with Crippen molar-refractivity contribution in [2.24, 2.45) is 0 Å². The van der Waals surface area contributed by atoms with Gasteiger partial charge in [0, 0.05) is 12.2 Å². The molecular formula is C13H13NOS. The number of rotatable bonds is 4. The summed E-state index contributed by atoms with van der Waals surface area (Å²) in [4.78, 5) is 13.6. The number of para-hydroxylation sites is 1. The summed E-state index contributed by atoms with van der Waals surface area (Å²) < 4.78 is 0. The summed E-state index contributed by atoms with van der Waals surface area (Å²) in [5.74, 6) is 0. The van der Waals surface area contributed by atoms with Crippen LogP contribution in [0.5, 0.6) is 0 Å². The van der Waals surface area contributed by atoms with E-state index in [9.17, 15) is 4.79 Å². The van der Waals surface area contributed by atoms with Gasteiger partial charge in [0.15, 0.2) is 6.29 Å². The van der Waals surface area contributed by atoms with Gasteiger partial charge in [-0.2, -0.15) is 0 Å². The average Bonchev–Trinajstić information content (AvgIpc) is 2.80.